The molecule has 0 unspecified atom stereocenters. The zero-order chi connectivity index (χ0) is 51.2. The first-order valence-corrected chi connectivity index (χ1v) is 27.8. The van der Waals surface area contributed by atoms with Gasteiger partial charge in [-0.25, -0.2) is 0 Å². The second-order valence-corrected chi connectivity index (χ2v) is 27.1. The van der Waals surface area contributed by atoms with E-state index in [1.807, 2.05) is 11.3 Å². The van der Waals surface area contributed by atoms with E-state index in [-0.39, 0.29) is 33.9 Å². The van der Waals surface area contributed by atoms with Gasteiger partial charge in [-0.3, -0.25) is 0 Å². The van der Waals surface area contributed by atoms with E-state index in [9.17, 15) is 0 Å². The van der Waals surface area contributed by atoms with Crippen molar-refractivity contribution in [3.63, 3.8) is 0 Å². The smallest absolute Gasteiger partial charge is 0.343 e. The third-order valence-electron chi connectivity index (χ3n) is 18.0. The molecule has 366 valence electrons. The highest BCUT2D eigenvalue weighted by Gasteiger charge is 2.50. The molecule has 0 fully saturated rings. The van der Waals surface area contributed by atoms with E-state index in [2.05, 4.69) is 244 Å². The number of thiophene rings is 1. The first-order valence-electron chi connectivity index (χ1n) is 27.0. The van der Waals surface area contributed by atoms with Crippen molar-refractivity contribution in [2.45, 2.75) is 123 Å². The molecular weight excluding hydrogens is 916 g/mol. The molecule has 0 radical (unpaired) electrons. The topological polar surface area (TPSA) is 19.6 Å². The molecule has 0 bridgehead atoms. The predicted molar refractivity (Wildman–Crippen MR) is 319 cm³/mol. The number of anilines is 5. The van der Waals surface area contributed by atoms with Crippen LogP contribution in [0.15, 0.2) is 156 Å². The molecule has 10 aromatic rings. The predicted octanol–water partition coefficient (Wildman–Crippen LogP) is 18.4. The Hall–Kier alpha value is -6.82. The van der Waals surface area contributed by atoms with Crippen LogP contribution in [-0.4, -0.2) is 6.85 Å². The van der Waals surface area contributed by atoms with Crippen molar-refractivity contribution >= 4 is 88.9 Å². The molecular formula is C69H65BN2OS. The Morgan fingerprint density at radius 2 is 1.11 bits per heavy atom. The monoisotopic (exact) mass is 980 g/mol. The number of rotatable bonds is 3. The molecule has 0 spiro atoms. The van der Waals surface area contributed by atoms with Gasteiger partial charge in [-0.15, -0.1) is 11.3 Å². The summed E-state index contributed by atoms with van der Waals surface area (Å²) in [6, 6.07) is 58.6. The Kier molecular flexibility index (Phi) is 9.38. The van der Waals surface area contributed by atoms with Crippen molar-refractivity contribution in [3.05, 3.63) is 185 Å². The summed E-state index contributed by atoms with van der Waals surface area (Å²) in [6.45, 7) is 28.6. The fourth-order valence-corrected chi connectivity index (χ4v) is 14.8. The molecule has 0 amide bonds. The van der Waals surface area contributed by atoms with Crippen LogP contribution in [0.25, 0.3) is 65.4 Å². The number of nitrogens with zero attached hydrogens (tertiary/aromatic N) is 2. The summed E-state index contributed by atoms with van der Waals surface area (Å²) in [6.07, 6.45) is 2.38. The van der Waals surface area contributed by atoms with Crippen LogP contribution >= 0.6 is 11.3 Å². The lowest BCUT2D eigenvalue weighted by molar-refractivity contribution is 0.331. The molecule has 8 aromatic carbocycles. The lowest BCUT2D eigenvalue weighted by atomic mass is 9.46. The van der Waals surface area contributed by atoms with Crippen molar-refractivity contribution < 1.29 is 4.42 Å². The Morgan fingerprint density at radius 1 is 0.500 bits per heavy atom. The number of para-hydroxylation sites is 1. The fraction of sp³-hybridized carbons (Fsp3) is 0.275. The minimum absolute atomic E-state index is 0.00422. The van der Waals surface area contributed by atoms with Gasteiger partial charge < -0.3 is 14.1 Å². The molecule has 0 atom stereocenters. The van der Waals surface area contributed by atoms with Gasteiger partial charge in [0.15, 0.2) is 5.58 Å². The van der Waals surface area contributed by atoms with Gasteiger partial charge in [0.05, 0.1) is 11.4 Å². The second-order valence-electron chi connectivity index (χ2n) is 26.0. The summed E-state index contributed by atoms with van der Waals surface area (Å²) in [5, 5.41) is 3.57. The third kappa shape index (κ3) is 6.44. The van der Waals surface area contributed by atoms with Crippen molar-refractivity contribution in [1.29, 1.82) is 0 Å². The van der Waals surface area contributed by atoms with Crippen LogP contribution < -0.4 is 20.0 Å². The van der Waals surface area contributed by atoms with Crippen LogP contribution in [0.4, 0.5) is 28.4 Å². The number of hydrogen-bond acceptors (Lipinski definition) is 4. The lowest BCUT2D eigenvalue weighted by Crippen LogP contribution is -2.60. The van der Waals surface area contributed by atoms with Crippen molar-refractivity contribution in [2.24, 2.45) is 0 Å². The Labute approximate surface area is 442 Å². The van der Waals surface area contributed by atoms with E-state index >= 15 is 0 Å². The number of hydrogen-bond donors (Lipinski definition) is 0. The molecule has 5 heteroatoms. The average molecular weight is 981 g/mol. The number of benzene rings is 8. The average Bonchev–Trinajstić information content (AvgIpc) is 4.06. The van der Waals surface area contributed by atoms with Crippen molar-refractivity contribution in [1.82, 2.24) is 0 Å². The van der Waals surface area contributed by atoms with Gasteiger partial charge in [0.2, 0.25) is 0 Å². The Balaban J connectivity index is 1.13. The van der Waals surface area contributed by atoms with E-state index in [0.29, 0.717) is 0 Å². The summed E-state index contributed by atoms with van der Waals surface area (Å²) in [7, 11) is 0. The maximum atomic E-state index is 7.31. The van der Waals surface area contributed by atoms with Gasteiger partial charge >= 0.3 is 6.85 Å². The second kappa shape index (κ2) is 15.2. The largest absolute Gasteiger partial charge is 0.454 e. The Bertz CT molecular complexity index is 4000. The highest BCUT2D eigenvalue weighted by Crippen LogP contribution is 2.59. The van der Waals surface area contributed by atoms with Gasteiger partial charge in [-0.2, -0.15) is 0 Å². The number of fused-ring (bicyclic) bond motifs is 14. The quantitative estimate of drug-likeness (QED) is 0.165. The van der Waals surface area contributed by atoms with Crippen LogP contribution in [0.2, 0.25) is 0 Å². The molecule has 0 saturated heterocycles. The molecule has 74 heavy (non-hydrogen) atoms. The molecule has 0 N–H and O–H groups in total. The molecule has 0 saturated carbocycles. The first-order chi connectivity index (χ1) is 35.2. The van der Waals surface area contributed by atoms with E-state index in [0.717, 1.165) is 33.3 Å². The highest BCUT2D eigenvalue weighted by atomic mass is 32.1. The zero-order valence-corrected chi connectivity index (χ0v) is 46.0. The minimum Gasteiger partial charge on any atom is -0.454 e. The van der Waals surface area contributed by atoms with E-state index in [1.54, 1.807) is 0 Å². The van der Waals surface area contributed by atoms with Crippen LogP contribution in [0, 0.1) is 0 Å². The van der Waals surface area contributed by atoms with Gasteiger partial charge in [-0.1, -0.05) is 168 Å². The van der Waals surface area contributed by atoms with Crippen LogP contribution in [0.5, 0.6) is 0 Å². The van der Waals surface area contributed by atoms with E-state index in [1.165, 1.54) is 117 Å². The summed E-state index contributed by atoms with van der Waals surface area (Å²) >= 11 is 1.96. The van der Waals surface area contributed by atoms with Crippen molar-refractivity contribution in [2.75, 3.05) is 9.71 Å². The Morgan fingerprint density at radius 3 is 1.81 bits per heavy atom. The molecule has 2 aliphatic carbocycles. The minimum atomic E-state index is -0.222. The van der Waals surface area contributed by atoms with Crippen LogP contribution in [0.1, 0.15) is 129 Å². The van der Waals surface area contributed by atoms with Crippen LogP contribution in [0.3, 0.4) is 0 Å². The highest BCUT2D eigenvalue weighted by molar-refractivity contribution is 7.32. The molecule has 2 aliphatic heterocycles. The summed E-state index contributed by atoms with van der Waals surface area (Å²) in [4.78, 5) is 5.33. The molecule has 4 heterocycles. The summed E-state index contributed by atoms with van der Waals surface area (Å²) < 4.78 is 9.94. The SMILES string of the molecule is CC(C)(C)c1ccc(N2c3c(sc4ccc(C(C)(C)C)cc34)B3c4c(cc5c(oc6ccccc65)c42)-c2cc4c(cc2N3c2ccc(-c3ccccc3)cc2)C(C)(C)c2cc3c(cc2-4)C(C)(C)CCC3(C)C)cc1. The zero-order valence-electron chi connectivity index (χ0n) is 45.1. The summed E-state index contributed by atoms with van der Waals surface area (Å²) in [5.41, 5.74) is 25.2. The van der Waals surface area contributed by atoms with E-state index < -0.39 is 0 Å². The van der Waals surface area contributed by atoms with Gasteiger partial charge in [0, 0.05) is 53.7 Å². The standard InChI is InChI=1S/C69H65BN2OS/c1-65(2,3)42-24-29-44(30-25-42)71-61-52-34-43(66(4,5)6)26-31-59(52)74-64(61)70-60-50(36-51-46-20-16-17-21-58(46)73-63(51)62(60)71)49-35-47-48-37-55-56(68(9,10)33-32-67(55,7)8)38-53(48)69(11,12)54(47)39-57(49)72(70)45-27-22-41(23-28-45)40-18-14-13-15-19-40/h13-31,34-39H,32-33H2,1-12H3. The first kappa shape index (κ1) is 45.8. The summed E-state index contributed by atoms with van der Waals surface area (Å²) in [5.74, 6) is 0. The maximum absolute atomic E-state index is 7.31. The van der Waals surface area contributed by atoms with Gasteiger partial charge in [0.25, 0.3) is 0 Å². The molecule has 3 nitrogen and oxygen atoms in total. The van der Waals surface area contributed by atoms with E-state index in [4.69, 9.17) is 4.42 Å². The third-order valence-corrected chi connectivity index (χ3v) is 19.2. The maximum Gasteiger partial charge on any atom is 0.343 e. The van der Waals surface area contributed by atoms with Crippen molar-refractivity contribution in [3.8, 4) is 33.4 Å². The molecule has 14 rings (SSSR count). The van der Waals surface area contributed by atoms with Crippen LogP contribution in [-0.2, 0) is 27.1 Å². The molecule has 2 aromatic heterocycles. The molecule has 4 aliphatic rings. The van der Waals surface area contributed by atoms with Gasteiger partial charge in [-0.05, 0) is 168 Å². The fourth-order valence-electron chi connectivity index (χ4n) is 13.5. The number of furan rings is 1. The normalized spacial score (nSPS) is 16.8. The van der Waals surface area contributed by atoms with Gasteiger partial charge in [0.1, 0.15) is 5.58 Å². The lowest BCUT2D eigenvalue weighted by Gasteiger charge is -2.45.